The molecule has 0 saturated heterocycles. The topological polar surface area (TPSA) is 12.4 Å². The fraction of sp³-hybridized carbons (Fsp3) is 0.786. The van der Waals surface area contributed by atoms with Gasteiger partial charge in [0.15, 0.2) is 0 Å². The summed E-state index contributed by atoms with van der Waals surface area (Å²) in [4.78, 5) is 4.76. The van der Waals surface area contributed by atoms with Crippen LogP contribution in [0.25, 0.3) is 0 Å². The van der Waals surface area contributed by atoms with Crippen molar-refractivity contribution in [2.75, 3.05) is 0 Å². The molecule has 1 fully saturated rings. The van der Waals surface area contributed by atoms with E-state index in [9.17, 15) is 0 Å². The highest BCUT2D eigenvalue weighted by atomic mass is 14.8. The molecule has 0 bridgehead atoms. The molecule has 1 nitrogen and oxygen atoms in total. The van der Waals surface area contributed by atoms with Crippen LogP contribution in [-0.2, 0) is 0 Å². The summed E-state index contributed by atoms with van der Waals surface area (Å²) in [6.45, 7) is 4.37. The molecule has 0 unspecified atom stereocenters. The minimum Gasteiger partial charge on any atom is -0.291 e. The van der Waals surface area contributed by atoms with E-state index < -0.39 is 0 Å². The molecule has 0 aliphatic heterocycles. The fourth-order valence-corrected chi connectivity index (χ4v) is 2.39. The molecular formula is C14H23N. The summed E-state index contributed by atoms with van der Waals surface area (Å²) < 4.78 is 0. The van der Waals surface area contributed by atoms with Crippen LogP contribution in [0.15, 0.2) is 4.99 Å². The van der Waals surface area contributed by atoms with E-state index in [1.807, 2.05) is 0 Å². The predicted octanol–water partition coefficient (Wildman–Crippen LogP) is 3.83. The molecule has 0 aromatic rings. The van der Waals surface area contributed by atoms with Gasteiger partial charge in [0.05, 0.1) is 0 Å². The zero-order chi connectivity index (χ0) is 11.1. The third-order valence-electron chi connectivity index (χ3n) is 3.39. The molecule has 0 radical (unpaired) electrons. The molecule has 84 valence electrons. The van der Waals surface area contributed by atoms with Gasteiger partial charge in [-0.15, -0.1) is 12.3 Å². The number of hydrogen-bond acceptors (Lipinski definition) is 1. The maximum Gasteiger partial charge on any atom is 0.0498 e. The Morgan fingerprint density at radius 3 is 2.67 bits per heavy atom. The molecular weight excluding hydrogens is 182 g/mol. The summed E-state index contributed by atoms with van der Waals surface area (Å²) in [7, 11) is 0. The van der Waals surface area contributed by atoms with Crippen molar-refractivity contribution in [1.82, 2.24) is 0 Å². The van der Waals surface area contributed by atoms with E-state index in [4.69, 9.17) is 11.4 Å². The Balaban J connectivity index is 2.38. The van der Waals surface area contributed by atoms with Gasteiger partial charge in [-0.3, -0.25) is 4.99 Å². The Hall–Kier alpha value is -0.770. The zero-order valence-corrected chi connectivity index (χ0v) is 10.1. The summed E-state index contributed by atoms with van der Waals surface area (Å²) in [6, 6.07) is 0.503. The van der Waals surface area contributed by atoms with Crippen LogP contribution in [0.5, 0.6) is 0 Å². The fourth-order valence-electron chi connectivity index (χ4n) is 2.39. The van der Waals surface area contributed by atoms with Crippen LogP contribution >= 0.6 is 0 Å². The first-order valence-corrected chi connectivity index (χ1v) is 6.20. The van der Waals surface area contributed by atoms with Gasteiger partial charge in [-0.1, -0.05) is 19.3 Å². The normalized spacial score (nSPS) is 21.0. The molecule has 1 atom stereocenters. The molecule has 1 aliphatic carbocycles. The largest absolute Gasteiger partial charge is 0.291 e. The minimum absolute atomic E-state index is 0.503. The van der Waals surface area contributed by atoms with Gasteiger partial charge in [0, 0.05) is 18.2 Å². The summed E-state index contributed by atoms with van der Waals surface area (Å²) in [5.74, 6) is 3.49. The Labute approximate surface area is 94.4 Å². The standard InChI is InChI=1S/C14H23N/c1-4-5-9-12(2)15-13(3)14-10-7-6-8-11-14/h1,13-14H,5-11H2,2-3H3/t13-/m1/s1. The first-order valence-electron chi connectivity index (χ1n) is 6.20. The highest BCUT2D eigenvalue weighted by Crippen LogP contribution is 2.27. The van der Waals surface area contributed by atoms with Crippen molar-refractivity contribution in [2.45, 2.75) is 64.8 Å². The van der Waals surface area contributed by atoms with Crippen LogP contribution in [0.1, 0.15) is 58.8 Å². The molecule has 0 N–H and O–H groups in total. The Bertz CT molecular complexity index is 241. The minimum atomic E-state index is 0.503. The van der Waals surface area contributed by atoms with E-state index in [0.717, 1.165) is 18.8 Å². The van der Waals surface area contributed by atoms with Gasteiger partial charge in [0.1, 0.15) is 0 Å². The molecule has 0 aromatic heterocycles. The molecule has 0 aromatic carbocycles. The molecule has 1 aliphatic rings. The van der Waals surface area contributed by atoms with Crippen molar-refractivity contribution in [3.05, 3.63) is 0 Å². The summed E-state index contributed by atoms with van der Waals surface area (Å²) in [6.07, 6.45) is 14.0. The predicted molar refractivity (Wildman–Crippen MR) is 67.2 cm³/mol. The van der Waals surface area contributed by atoms with Crippen molar-refractivity contribution in [3.8, 4) is 12.3 Å². The maximum absolute atomic E-state index is 5.25. The summed E-state index contributed by atoms with van der Waals surface area (Å²) >= 11 is 0. The second kappa shape index (κ2) is 6.67. The number of nitrogens with zero attached hydrogens (tertiary/aromatic N) is 1. The van der Waals surface area contributed by atoms with Crippen LogP contribution in [0.2, 0.25) is 0 Å². The highest BCUT2D eigenvalue weighted by Gasteiger charge is 2.19. The lowest BCUT2D eigenvalue weighted by Crippen LogP contribution is -2.19. The Kier molecular flexibility index (Phi) is 5.47. The molecule has 0 spiro atoms. The SMILES string of the molecule is C#CCCC(C)=N[C@H](C)C1CCCCC1. The van der Waals surface area contributed by atoms with Crippen molar-refractivity contribution in [3.63, 3.8) is 0 Å². The average Bonchev–Trinajstić information content (AvgIpc) is 2.27. The zero-order valence-electron chi connectivity index (χ0n) is 10.1. The van der Waals surface area contributed by atoms with E-state index >= 15 is 0 Å². The van der Waals surface area contributed by atoms with E-state index in [2.05, 4.69) is 19.8 Å². The van der Waals surface area contributed by atoms with Gasteiger partial charge in [-0.2, -0.15) is 0 Å². The first kappa shape index (κ1) is 12.3. The van der Waals surface area contributed by atoms with Gasteiger partial charge in [-0.25, -0.2) is 0 Å². The first-order chi connectivity index (χ1) is 7.24. The van der Waals surface area contributed by atoms with Crippen LogP contribution in [0, 0.1) is 18.3 Å². The van der Waals surface area contributed by atoms with Gasteiger partial charge in [-0.05, 0) is 39.0 Å². The van der Waals surface area contributed by atoms with Crippen molar-refractivity contribution >= 4 is 5.71 Å². The van der Waals surface area contributed by atoms with Gasteiger partial charge >= 0.3 is 0 Å². The quantitative estimate of drug-likeness (QED) is 0.488. The monoisotopic (exact) mass is 205 g/mol. The number of rotatable bonds is 4. The van der Waals surface area contributed by atoms with Crippen molar-refractivity contribution in [2.24, 2.45) is 10.9 Å². The van der Waals surface area contributed by atoms with E-state index in [-0.39, 0.29) is 0 Å². The molecule has 0 heterocycles. The van der Waals surface area contributed by atoms with E-state index in [1.165, 1.54) is 37.8 Å². The summed E-state index contributed by atoms with van der Waals surface area (Å²) in [5, 5.41) is 0. The van der Waals surface area contributed by atoms with E-state index in [0.29, 0.717) is 6.04 Å². The molecule has 1 heteroatoms. The lowest BCUT2D eigenvalue weighted by atomic mass is 9.85. The number of aliphatic imine (C=N–C) groups is 1. The average molecular weight is 205 g/mol. The Morgan fingerprint density at radius 2 is 2.07 bits per heavy atom. The van der Waals surface area contributed by atoms with Crippen molar-refractivity contribution < 1.29 is 0 Å². The molecule has 1 rings (SSSR count). The molecule has 1 saturated carbocycles. The maximum atomic E-state index is 5.25. The lowest BCUT2D eigenvalue weighted by molar-refractivity contribution is 0.317. The van der Waals surface area contributed by atoms with Gasteiger partial charge in [0.2, 0.25) is 0 Å². The highest BCUT2D eigenvalue weighted by molar-refractivity contribution is 5.82. The third kappa shape index (κ3) is 4.51. The van der Waals surface area contributed by atoms with Gasteiger partial charge in [0.25, 0.3) is 0 Å². The molecule has 15 heavy (non-hydrogen) atoms. The summed E-state index contributed by atoms with van der Waals surface area (Å²) in [5.41, 5.74) is 1.23. The number of terminal acetylenes is 1. The van der Waals surface area contributed by atoms with E-state index in [1.54, 1.807) is 0 Å². The van der Waals surface area contributed by atoms with Crippen LogP contribution < -0.4 is 0 Å². The smallest absolute Gasteiger partial charge is 0.0498 e. The van der Waals surface area contributed by atoms with Gasteiger partial charge < -0.3 is 0 Å². The van der Waals surface area contributed by atoms with Crippen LogP contribution in [-0.4, -0.2) is 11.8 Å². The lowest BCUT2D eigenvalue weighted by Gasteiger charge is -2.25. The van der Waals surface area contributed by atoms with Crippen LogP contribution in [0.4, 0.5) is 0 Å². The second-order valence-corrected chi connectivity index (χ2v) is 4.71. The van der Waals surface area contributed by atoms with Crippen LogP contribution in [0.3, 0.4) is 0 Å². The Morgan fingerprint density at radius 1 is 1.40 bits per heavy atom. The second-order valence-electron chi connectivity index (χ2n) is 4.71. The van der Waals surface area contributed by atoms with Crippen molar-refractivity contribution in [1.29, 1.82) is 0 Å². The molecule has 0 amide bonds. The number of hydrogen-bond donors (Lipinski definition) is 0. The third-order valence-corrected chi connectivity index (χ3v) is 3.39.